The molecule has 1 heterocycles. The molecule has 1 saturated carbocycles. The smallest absolute Gasteiger partial charge is 0.389 e. The van der Waals surface area contributed by atoms with Gasteiger partial charge in [-0.3, -0.25) is 0 Å². The number of carboxylic acids is 1. The number of aromatic carboxylic acids is 1. The van der Waals surface area contributed by atoms with Crippen LogP contribution in [0.15, 0.2) is 5.03 Å². The lowest BCUT2D eigenvalue weighted by atomic mass is 10.2. The molecular weight excluding hydrogens is 305 g/mol. The molecule has 0 spiro atoms. The zero-order chi connectivity index (χ0) is 15.6. The molecule has 1 aromatic heterocycles. The maximum absolute atomic E-state index is 12.1. The third-order valence-electron chi connectivity index (χ3n) is 3.07. The molecule has 1 fully saturated rings. The van der Waals surface area contributed by atoms with Gasteiger partial charge in [-0.1, -0.05) is 0 Å². The normalized spacial score (nSPS) is 15.2. The van der Waals surface area contributed by atoms with Crippen molar-refractivity contribution in [2.24, 2.45) is 0 Å². The fraction of sp³-hybridized carbons (Fsp3) is 0.615. The molecule has 8 heteroatoms. The Kier molecular flexibility index (Phi) is 4.75. The number of aryl methyl sites for hydroxylation is 1. The van der Waals surface area contributed by atoms with Crippen LogP contribution in [-0.2, 0) is 0 Å². The van der Waals surface area contributed by atoms with Crippen LogP contribution >= 0.6 is 11.8 Å². The summed E-state index contributed by atoms with van der Waals surface area (Å²) in [5.41, 5.74) is 0.370. The molecule has 0 radical (unpaired) electrons. The van der Waals surface area contributed by atoms with E-state index in [-0.39, 0.29) is 28.7 Å². The molecule has 0 unspecified atom stereocenters. The Morgan fingerprint density at radius 2 is 2.05 bits per heavy atom. The van der Waals surface area contributed by atoms with Crippen LogP contribution in [0.5, 0.6) is 0 Å². The van der Waals surface area contributed by atoms with E-state index in [1.54, 1.807) is 6.92 Å². The maximum atomic E-state index is 12.1. The van der Waals surface area contributed by atoms with E-state index in [4.69, 9.17) is 0 Å². The minimum absolute atomic E-state index is 0.00333. The summed E-state index contributed by atoms with van der Waals surface area (Å²) in [4.78, 5) is 19.7. The van der Waals surface area contributed by atoms with E-state index < -0.39 is 18.6 Å². The minimum atomic E-state index is -4.18. The summed E-state index contributed by atoms with van der Waals surface area (Å²) in [5, 5.41) is 9.48. The number of aromatic nitrogens is 2. The van der Waals surface area contributed by atoms with Crippen LogP contribution < -0.4 is 0 Å². The Bertz CT molecular complexity index is 545. The summed E-state index contributed by atoms with van der Waals surface area (Å²) in [7, 11) is 0. The molecule has 0 amide bonds. The summed E-state index contributed by atoms with van der Waals surface area (Å²) in [6, 6.07) is 0. The van der Waals surface area contributed by atoms with Crippen LogP contribution in [0.3, 0.4) is 0 Å². The van der Waals surface area contributed by atoms with Crippen molar-refractivity contribution in [3.8, 4) is 0 Å². The van der Waals surface area contributed by atoms with Gasteiger partial charge in [0.1, 0.15) is 16.4 Å². The third kappa shape index (κ3) is 4.59. The Balaban J connectivity index is 2.10. The molecule has 0 aromatic carbocycles. The zero-order valence-electron chi connectivity index (χ0n) is 11.4. The van der Waals surface area contributed by atoms with Crippen molar-refractivity contribution in [1.82, 2.24) is 9.97 Å². The highest BCUT2D eigenvalue weighted by Crippen LogP contribution is 2.39. The van der Waals surface area contributed by atoms with E-state index in [9.17, 15) is 23.1 Å². The summed E-state index contributed by atoms with van der Waals surface area (Å²) in [5.74, 6) is -0.0922. The molecule has 0 aliphatic heterocycles. The van der Waals surface area contributed by atoms with Gasteiger partial charge in [-0.15, -0.1) is 11.8 Å². The topological polar surface area (TPSA) is 63.1 Å². The average molecular weight is 320 g/mol. The average Bonchev–Trinajstić information content (AvgIpc) is 3.16. The minimum Gasteiger partial charge on any atom is -0.478 e. The Morgan fingerprint density at radius 3 is 2.57 bits per heavy atom. The number of hydrogen-bond donors (Lipinski definition) is 1. The van der Waals surface area contributed by atoms with Crippen molar-refractivity contribution >= 4 is 17.7 Å². The van der Waals surface area contributed by atoms with Gasteiger partial charge < -0.3 is 5.11 Å². The Labute approximate surface area is 124 Å². The van der Waals surface area contributed by atoms with Crippen LogP contribution in [-0.4, -0.2) is 33.0 Å². The van der Waals surface area contributed by atoms with E-state index in [1.807, 2.05) is 0 Å². The number of rotatable bonds is 6. The maximum Gasteiger partial charge on any atom is 0.389 e. The predicted octanol–water partition coefficient (Wildman–Crippen LogP) is 3.80. The second-order valence-corrected chi connectivity index (χ2v) is 6.08. The monoisotopic (exact) mass is 320 g/mol. The van der Waals surface area contributed by atoms with Crippen molar-refractivity contribution in [3.63, 3.8) is 0 Å². The molecule has 2 rings (SSSR count). The molecule has 1 aliphatic rings. The molecule has 4 nitrogen and oxygen atoms in total. The van der Waals surface area contributed by atoms with Crippen molar-refractivity contribution in [1.29, 1.82) is 0 Å². The van der Waals surface area contributed by atoms with Gasteiger partial charge in [0.25, 0.3) is 0 Å². The van der Waals surface area contributed by atoms with Crippen molar-refractivity contribution in [3.05, 3.63) is 17.1 Å². The molecular formula is C13H15F3N2O2S. The van der Waals surface area contributed by atoms with Gasteiger partial charge in [0.2, 0.25) is 0 Å². The highest BCUT2D eigenvalue weighted by molar-refractivity contribution is 7.99. The summed E-state index contributed by atoms with van der Waals surface area (Å²) >= 11 is 1.06. The molecule has 21 heavy (non-hydrogen) atoms. The number of hydrogen-bond acceptors (Lipinski definition) is 4. The molecule has 116 valence electrons. The fourth-order valence-corrected chi connectivity index (χ4v) is 2.90. The molecule has 1 N–H and O–H groups in total. The zero-order valence-corrected chi connectivity index (χ0v) is 12.2. The van der Waals surface area contributed by atoms with Gasteiger partial charge in [0, 0.05) is 12.3 Å². The second kappa shape index (κ2) is 6.21. The SMILES string of the molecule is Cc1nc(C2CC2)nc(SCCCC(F)(F)F)c1C(=O)O. The first-order valence-electron chi connectivity index (χ1n) is 6.59. The van der Waals surface area contributed by atoms with Crippen LogP contribution in [0.4, 0.5) is 13.2 Å². The number of carbonyl (C=O) groups is 1. The largest absolute Gasteiger partial charge is 0.478 e. The summed E-state index contributed by atoms with van der Waals surface area (Å²) in [6.45, 7) is 1.59. The Hall–Kier alpha value is -1.31. The van der Waals surface area contributed by atoms with Crippen molar-refractivity contribution in [2.45, 2.75) is 49.7 Å². The fourth-order valence-electron chi connectivity index (χ4n) is 1.88. The van der Waals surface area contributed by atoms with E-state index in [2.05, 4.69) is 9.97 Å². The predicted molar refractivity (Wildman–Crippen MR) is 71.7 cm³/mol. The summed E-state index contributed by atoms with van der Waals surface area (Å²) in [6.07, 6.45) is -3.16. The molecule has 0 saturated heterocycles. The quantitative estimate of drug-likeness (QED) is 0.491. The van der Waals surface area contributed by atoms with Gasteiger partial charge in [-0.2, -0.15) is 13.2 Å². The molecule has 0 atom stereocenters. The number of nitrogens with zero attached hydrogens (tertiary/aromatic N) is 2. The van der Waals surface area contributed by atoms with Crippen LogP contribution in [0, 0.1) is 6.92 Å². The lowest BCUT2D eigenvalue weighted by Crippen LogP contribution is -2.10. The van der Waals surface area contributed by atoms with E-state index in [0.717, 1.165) is 24.6 Å². The van der Waals surface area contributed by atoms with Crippen LogP contribution in [0.2, 0.25) is 0 Å². The third-order valence-corrected chi connectivity index (χ3v) is 4.14. The lowest BCUT2D eigenvalue weighted by molar-refractivity contribution is -0.134. The lowest BCUT2D eigenvalue weighted by Gasteiger charge is -2.10. The Morgan fingerprint density at radius 1 is 1.38 bits per heavy atom. The van der Waals surface area contributed by atoms with Gasteiger partial charge >= 0.3 is 12.1 Å². The standard InChI is InChI=1S/C13H15F3N2O2S/c1-7-9(12(19)20)11(18-10(17-7)8-3-4-8)21-6-2-5-13(14,15)16/h8H,2-6H2,1H3,(H,19,20). The highest BCUT2D eigenvalue weighted by Gasteiger charge is 2.30. The number of thioether (sulfide) groups is 1. The van der Waals surface area contributed by atoms with Crippen molar-refractivity contribution in [2.75, 3.05) is 5.75 Å². The number of halogens is 3. The first-order chi connectivity index (χ1) is 9.78. The van der Waals surface area contributed by atoms with Crippen LogP contribution in [0.25, 0.3) is 0 Å². The van der Waals surface area contributed by atoms with E-state index >= 15 is 0 Å². The van der Waals surface area contributed by atoms with Crippen molar-refractivity contribution < 1.29 is 23.1 Å². The van der Waals surface area contributed by atoms with Gasteiger partial charge in [-0.05, 0) is 31.9 Å². The van der Waals surface area contributed by atoms with E-state index in [0.29, 0.717) is 11.5 Å². The summed E-state index contributed by atoms with van der Waals surface area (Å²) < 4.78 is 36.3. The number of carboxylic acid groups (broad SMARTS) is 1. The van der Waals surface area contributed by atoms with Gasteiger partial charge in [-0.25, -0.2) is 14.8 Å². The van der Waals surface area contributed by atoms with E-state index in [1.165, 1.54) is 0 Å². The molecule has 1 aliphatic carbocycles. The van der Waals surface area contributed by atoms with Gasteiger partial charge in [0.05, 0.1) is 5.69 Å². The second-order valence-electron chi connectivity index (χ2n) is 4.99. The molecule has 0 bridgehead atoms. The number of alkyl halides is 3. The first-order valence-corrected chi connectivity index (χ1v) is 7.58. The molecule has 1 aromatic rings. The highest BCUT2D eigenvalue weighted by atomic mass is 32.2. The van der Waals surface area contributed by atoms with Gasteiger partial charge in [0.15, 0.2) is 0 Å². The first kappa shape index (κ1) is 16.1. The van der Waals surface area contributed by atoms with Crippen LogP contribution in [0.1, 0.15) is 53.5 Å².